The lowest BCUT2D eigenvalue weighted by molar-refractivity contribution is -0.373. The number of hydrogen-bond donors (Lipinski definition) is 17. The van der Waals surface area contributed by atoms with E-state index in [0.717, 1.165) is 51.4 Å². The predicted octanol–water partition coefficient (Wildman–Crippen LogP) is -4.75. The predicted molar refractivity (Wildman–Crippen MR) is 288 cm³/mol. The van der Waals surface area contributed by atoms with Gasteiger partial charge in [-0.1, -0.05) is 52.7 Å². The maximum Gasteiger partial charge on any atom is 0.311 e. The standard InChI is InChI=1S/C58H96O28/c1-22(6-7-23(2)28-10-11-29-27-9-8-25-16-26(12-14-57(25,4)30(27)13-15-58(28,29)5)78-53-45(72)40(67)36(63)31(17-59)79-53)24(3)51(76)86-56-50(85-55-47(74)42(69)38(65)33(19-61)81-55)43(70)39(66)35(83-56)21-77-52-48(75)44(71)49(34(20-62)82-52)84-54-46(73)41(68)37(64)32(18-60)80-54/h8,22-24,26-50,52-56,59-75H,6-7,9-21H2,1-5H3. The number of fused-ring (bicyclic) bond motifs is 5. The molecule has 0 bridgehead atoms. The van der Waals surface area contributed by atoms with Crippen LogP contribution in [0.3, 0.4) is 0 Å². The zero-order valence-electron chi connectivity index (χ0n) is 49.3. The van der Waals surface area contributed by atoms with Gasteiger partial charge in [0.1, 0.15) is 116 Å². The van der Waals surface area contributed by atoms with Gasteiger partial charge in [0, 0.05) is 0 Å². The Morgan fingerprint density at radius 3 is 1.57 bits per heavy atom. The molecule has 28 nitrogen and oxygen atoms in total. The van der Waals surface area contributed by atoms with E-state index in [1.54, 1.807) is 6.92 Å². The van der Waals surface area contributed by atoms with Crippen LogP contribution in [-0.4, -0.2) is 285 Å². The summed E-state index contributed by atoms with van der Waals surface area (Å²) in [6.07, 6.45) is -31.6. The summed E-state index contributed by atoms with van der Waals surface area (Å²) < 4.78 is 57.8. The molecule has 8 fully saturated rings. The normalized spacial score (nSPS) is 50.9. The van der Waals surface area contributed by atoms with Crippen LogP contribution in [0, 0.1) is 52.3 Å². The van der Waals surface area contributed by atoms with Crippen LogP contribution in [-0.2, 0) is 52.2 Å². The van der Waals surface area contributed by atoms with Gasteiger partial charge < -0.3 is 134 Å². The van der Waals surface area contributed by atoms with E-state index < -0.39 is 198 Å². The molecule has 9 aliphatic rings. The second kappa shape index (κ2) is 28.2. The molecule has 4 aliphatic carbocycles. The molecule has 3 saturated carbocycles. The van der Waals surface area contributed by atoms with Crippen LogP contribution < -0.4 is 0 Å². The Morgan fingerprint density at radius 2 is 1.01 bits per heavy atom. The third-order valence-corrected chi connectivity index (χ3v) is 21.7. The topological polar surface area (TPSA) is 453 Å². The summed E-state index contributed by atoms with van der Waals surface area (Å²) in [5, 5.41) is 179. The van der Waals surface area contributed by atoms with E-state index in [4.69, 9.17) is 47.4 Å². The summed E-state index contributed by atoms with van der Waals surface area (Å²) in [5.41, 5.74) is 1.41. The molecule has 5 aliphatic heterocycles. The van der Waals surface area contributed by atoms with Crippen molar-refractivity contribution in [2.24, 2.45) is 52.3 Å². The molecule has 35 atom stereocenters. The number of ether oxygens (including phenoxy) is 10. The van der Waals surface area contributed by atoms with Gasteiger partial charge in [-0.25, -0.2) is 0 Å². The Bertz CT molecular complexity index is 2230. The Hall–Kier alpha value is -1.83. The van der Waals surface area contributed by atoms with Crippen LogP contribution in [0.25, 0.3) is 0 Å². The van der Waals surface area contributed by atoms with E-state index in [0.29, 0.717) is 42.4 Å². The van der Waals surface area contributed by atoms with Crippen LogP contribution in [0.2, 0.25) is 0 Å². The van der Waals surface area contributed by atoms with E-state index in [2.05, 4.69) is 26.8 Å². The molecule has 5 saturated heterocycles. The number of hydrogen-bond acceptors (Lipinski definition) is 28. The Morgan fingerprint density at radius 1 is 0.523 bits per heavy atom. The van der Waals surface area contributed by atoms with Crippen molar-refractivity contribution in [1.29, 1.82) is 0 Å². The first-order chi connectivity index (χ1) is 40.7. The summed E-state index contributed by atoms with van der Waals surface area (Å²) in [5.74, 6) is 0.364. The summed E-state index contributed by atoms with van der Waals surface area (Å²) in [7, 11) is 0. The maximum atomic E-state index is 14.3. The fraction of sp³-hybridized carbons (Fsp3) is 0.948. The van der Waals surface area contributed by atoms with Crippen LogP contribution in [0.15, 0.2) is 11.6 Å². The van der Waals surface area contributed by atoms with Gasteiger partial charge >= 0.3 is 5.97 Å². The second-order valence-electron chi connectivity index (χ2n) is 26.6. The lowest BCUT2D eigenvalue weighted by Gasteiger charge is -2.58. The average Bonchev–Trinajstić information content (AvgIpc) is 1.43. The zero-order chi connectivity index (χ0) is 62.6. The number of carbonyl (C=O) groups excluding carboxylic acids is 1. The Balaban J connectivity index is 0.817. The van der Waals surface area contributed by atoms with E-state index in [1.165, 1.54) is 5.57 Å². The second-order valence-corrected chi connectivity index (χ2v) is 26.6. The first kappa shape index (κ1) is 68.5. The van der Waals surface area contributed by atoms with Crippen LogP contribution in [0.4, 0.5) is 0 Å². The molecule has 0 aromatic heterocycles. The van der Waals surface area contributed by atoms with E-state index in [9.17, 15) is 91.6 Å². The molecule has 28 heteroatoms. The summed E-state index contributed by atoms with van der Waals surface area (Å²) in [6.45, 7) is 6.90. The highest BCUT2D eigenvalue weighted by atomic mass is 16.8. The minimum absolute atomic E-state index is 0.0268. The molecule has 86 heavy (non-hydrogen) atoms. The summed E-state index contributed by atoms with van der Waals surface area (Å²) in [4.78, 5) is 14.3. The largest absolute Gasteiger partial charge is 0.432 e. The fourth-order valence-corrected chi connectivity index (χ4v) is 16.0. The molecule has 5 heterocycles. The maximum absolute atomic E-state index is 14.3. The summed E-state index contributed by atoms with van der Waals surface area (Å²) in [6, 6.07) is 0. The van der Waals surface area contributed by atoms with Gasteiger partial charge in [-0.05, 0) is 104 Å². The third kappa shape index (κ3) is 13.2. The molecule has 0 aromatic carbocycles. The van der Waals surface area contributed by atoms with Gasteiger partial charge in [0.25, 0.3) is 0 Å². The SMILES string of the molecule is CC(CCC(C)C1CCC2C3CC=C4CC(OC5OC(CO)C(O)C(O)C5O)CCC4(C)C3CCC12C)C(C)C(=O)OC1OC(COC2OC(CO)C(OC3OC(CO)C(O)C(O)C3O)C(O)C2O)C(O)C(O)C1OC1OC(CO)C(O)C(O)C1O. The number of aliphatic hydroxyl groups is 17. The van der Waals surface area contributed by atoms with Crippen LogP contribution in [0.5, 0.6) is 0 Å². The van der Waals surface area contributed by atoms with Gasteiger partial charge in [-0.2, -0.15) is 0 Å². The zero-order valence-corrected chi connectivity index (χ0v) is 49.3. The number of aliphatic hydroxyl groups excluding tert-OH is 17. The van der Waals surface area contributed by atoms with Crippen molar-refractivity contribution in [2.45, 2.75) is 258 Å². The number of carbonyl (C=O) groups is 1. The first-order valence-corrected chi connectivity index (χ1v) is 30.8. The average molecular weight is 1240 g/mol. The van der Waals surface area contributed by atoms with Crippen molar-refractivity contribution in [1.82, 2.24) is 0 Å². The van der Waals surface area contributed by atoms with Crippen molar-refractivity contribution < 1.29 is 139 Å². The van der Waals surface area contributed by atoms with E-state index >= 15 is 0 Å². The van der Waals surface area contributed by atoms with E-state index in [-0.39, 0.29) is 22.9 Å². The minimum atomic E-state index is -2.04. The molecule has 0 spiro atoms. The van der Waals surface area contributed by atoms with Gasteiger partial charge in [0.05, 0.1) is 45.1 Å². The first-order valence-electron chi connectivity index (χ1n) is 30.8. The molecule has 496 valence electrons. The van der Waals surface area contributed by atoms with Crippen molar-refractivity contribution in [3.05, 3.63) is 11.6 Å². The minimum Gasteiger partial charge on any atom is -0.432 e. The molecule has 17 N–H and O–H groups in total. The Labute approximate surface area is 499 Å². The van der Waals surface area contributed by atoms with Gasteiger partial charge in [-0.3, -0.25) is 4.79 Å². The molecule has 9 rings (SSSR count). The smallest absolute Gasteiger partial charge is 0.311 e. The van der Waals surface area contributed by atoms with Gasteiger partial charge in [0.2, 0.25) is 6.29 Å². The summed E-state index contributed by atoms with van der Waals surface area (Å²) >= 11 is 0. The number of esters is 1. The van der Waals surface area contributed by atoms with Crippen molar-refractivity contribution in [3.63, 3.8) is 0 Å². The molecule has 0 aromatic rings. The monoisotopic (exact) mass is 1240 g/mol. The number of allylic oxidation sites excluding steroid dienone is 1. The molecule has 0 amide bonds. The van der Waals surface area contributed by atoms with Crippen molar-refractivity contribution >= 4 is 5.97 Å². The van der Waals surface area contributed by atoms with Crippen molar-refractivity contribution in [2.75, 3.05) is 33.0 Å². The highest BCUT2D eigenvalue weighted by Crippen LogP contribution is 2.67. The lowest BCUT2D eigenvalue weighted by Crippen LogP contribution is -2.66. The quantitative estimate of drug-likeness (QED) is 0.0402. The highest BCUT2D eigenvalue weighted by Gasteiger charge is 2.61. The Kier molecular flexibility index (Phi) is 22.5. The molecular formula is C58H96O28. The van der Waals surface area contributed by atoms with Gasteiger partial charge in [0.15, 0.2) is 31.3 Å². The molecule has 0 radical (unpaired) electrons. The molecular weight excluding hydrogens is 1140 g/mol. The van der Waals surface area contributed by atoms with Crippen LogP contribution >= 0.6 is 0 Å². The lowest BCUT2D eigenvalue weighted by atomic mass is 9.47. The van der Waals surface area contributed by atoms with Crippen molar-refractivity contribution in [3.8, 4) is 0 Å². The number of rotatable bonds is 20. The third-order valence-electron chi connectivity index (χ3n) is 21.7. The highest BCUT2D eigenvalue weighted by molar-refractivity contribution is 5.72. The van der Waals surface area contributed by atoms with Crippen LogP contribution in [0.1, 0.15) is 98.8 Å². The fourth-order valence-electron chi connectivity index (χ4n) is 16.0. The van der Waals surface area contributed by atoms with E-state index in [1.807, 2.05) is 6.92 Å². The van der Waals surface area contributed by atoms with Gasteiger partial charge in [-0.15, -0.1) is 0 Å². The molecule has 35 unspecified atom stereocenters.